The summed E-state index contributed by atoms with van der Waals surface area (Å²) >= 11 is 0. The second kappa shape index (κ2) is 5.74. The van der Waals surface area contributed by atoms with Crippen molar-refractivity contribution in [3.05, 3.63) is 30.1 Å². The molecule has 0 aliphatic heterocycles. The van der Waals surface area contributed by atoms with Crippen LogP contribution in [0.15, 0.2) is 24.3 Å². The molecule has 0 unspecified atom stereocenters. The predicted octanol–water partition coefficient (Wildman–Crippen LogP) is 3.72. The average Bonchev–Trinajstić information content (AvgIpc) is 2.76. The number of aryl methyl sites for hydroxylation is 1. The molecule has 0 aliphatic rings. The molecule has 0 aliphatic carbocycles. The Kier molecular flexibility index (Phi) is 4.25. The number of nitrogens with zero attached hydrogens (tertiary/aromatic N) is 2. The standard InChI is InChI=1S/C16H25N3/c1-5-11-19-14-10-8-7-9-13(14)18-15(19)12-17-16(3,4)6-2/h7-10,17H,5-6,11-12H2,1-4H3. The highest BCUT2D eigenvalue weighted by Gasteiger charge is 2.16. The van der Waals surface area contributed by atoms with Gasteiger partial charge >= 0.3 is 0 Å². The van der Waals surface area contributed by atoms with Crippen molar-refractivity contribution in [2.24, 2.45) is 0 Å². The molecular formula is C16H25N3. The molecule has 2 aromatic rings. The number of para-hydroxylation sites is 2. The maximum atomic E-state index is 4.77. The van der Waals surface area contributed by atoms with E-state index < -0.39 is 0 Å². The molecule has 1 heterocycles. The van der Waals surface area contributed by atoms with Gasteiger partial charge in [-0.3, -0.25) is 0 Å². The second-order valence-electron chi connectivity index (χ2n) is 5.76. The van der Waals surface area contributed by atoms with E-state index in [2.05, 4.69) is 61.8 Å². The zero-order valence-corrected chi connectivity index (χ0v) is 12.5. The van der Waals surface area contributed by atoms with Crippen molar-refractivity contribution in [1.82, 2.24) is 14.9 Å². The Labute approximate surface area is 116 Å². The van der Waals surface area contributed by atoms with Gasteiger partial charge in [0.05, 0.1) is 17.6 Å². The lowest BCUT2D eigenvalue weighted by molar-refractivity contribution is 0.366. The smallest absolute Gasteiger partial charge is 0.123 e. The predicted molar refractivity (Wildman–Crippen MR) is 81.2 cm³/mol. The van der Waals surface area contributed by atoms with Crippen LogP contribution in [0.3, 0.4) is 0 Å². The van der Waals surface area contributed by atoms with Crippen molar-refractivity contribution in [2.75, 3.05) is 0 Å². The number of fused-ring (bicyclic) bond motifs is 1. The molecular weight excluding hydrogens is 234 g/mol. The van der Waals surface area contributed by atoms with Crippen LogP contribution in [0, 0.1) is 0 Å². The van der Waals surface area contributed by atoms with Crippen molar-refractivity contribution >= 4 is 11.0 Å². The van der Waals surface area contributed by atoms with E-state index >= 15 is 0 Å². The van der Waals surface area contributed by atoms with E-state index in [1.54, 1.807) is 0 Å². The highest BCUT2D eigenvalue weighted by molar-refractivity contribution is 5.75. The summed E-state index contributed by atoms with van der Waals surface area (Å²) in [6, 6.07) is 8.39. The Morgan fingerprint density at radius 2 is 1.95 bits per heavy atom. The third-order valence-corrected chi connectivity index (χ3v) is 3.79. The van der Waals surface area contributed by atoms with Gasteiger partial charge in [-0.15, -0.1) is 0 Å². The van der Waals surface area contributed by atoms with Crippen LogP contribution in [0.25, 0.3) is 11.0 Å². The number of aromatic nitrogens is 2. The summed E-state index contributed by atoms with van der Waals surface area (Å²) in [5, 5.41) is 3.60. The largest absolute Gasteiger partial charge is 0.327 e. The van der Waals surface area contributed by atoms with Gasteiger partial charge in [0.1, 0.15) is 5.82 Å². The van der Waals surface area contributed by atoms with Crippen LogP contribution in [-0.4, -0.2) is 15.1 Å². The SMILES string of the molecule is CCCn1c(CNC(C)(C)CC)nc2ccccc21. The topological polar surface area (TPSA) is 29.9 Å². The third kappa shape index (κ3) is 3.16. The van der Waals surface area contributed by atoms with Crippen LogP contribution < -0.4 is 5.32 Å². The molecule has 104 valence electrons. The first-order valence-corrected chi connectivity index (χ1v) is 7.26. The fraction of sp³-hybridized carbons (Fsp3) is 0.562. The van der Waals surface area contributed by atoms with E-state index in [1.165, 1.54) is 5.52 Å². The van der Waals surface area contributed by atoms with Gasteiger partial charge in [0.25, 0.3) is 0 Å². The Bertz CT molecular complexity index is 540. The van der Waals surface area contributed by atoms with Gasteiger partial charge in [0.15, 0.2) is 0 Å². The van der Waals surface area contributed by atoms with Crippen LogP contribution in [0.4, 0.5) is 0 Å². The van der Waals surface area contributed by atoms with Crippen molar-refractivity contribution in [2.45, 2.75) is 59.2 Å². The molecule has 0 amide bonds. The molecule has 0 saturated heterocycles. The van der Waals surface area contributed by atoms with E-state index in [0.29, 0.717) is 0 Å². The lowest BCUT2D eigenvalue weighted by Crippen LogP contribution is -2.38. The fourth-order valence-corrected chi connectivity index (χ4v) is 2.18. The minimum Gasteiger partial charge on any atom is -0.327 e. The molecule has 0 atom stereocenters. The quantitative estimate of drug-likeness (QED) is 0.856. The summed E-state index contributed by atoms with van der Waals surface area (Å²) in [5.74, 6) is 1.14. The molecule has 0 fully saturated rings. The minimum absolute atomic E-state index is 0.162. The lowest BCUT2D eigenvalue weighted by atomic mass is 10.0. The first-order chi connectivity index (χ1) is 9.07. The van der Waals surface area contributed by atoms with Crippen LogP contribution in [0.2, 0.25) is 0 Å². The van der Waals surface area contributed by atoms with Crippen LogP contribution >= 0.6 is 0 Å². The molecule has 3 nitrogen and oxygen atoms in total. The molecule has 1 N–H and O–H groups in total. The van der Waals surface area contributed by atoms with E-state index in [9.17, 15) is 0 Å². The maximum absolute atomic E-state index is 4.77. The van der Waals surface area contributed by atoms with E-state index in [4.69, 9.17) is 4.98 Å². The van der Waals surface area contributed by atoms with Crippen molar-refractivity contribution in [3.8, 4) is 0 Å². The number of rotatable bonds is 6. The van der Waals surface area contributed by atoms with E-state index in [1.807, 2.05) is 0 Å². The molecule has 0 saturated carbocycles. The first kappa shape index (κ1) is 14.1. The van der Waals surface area contributed by atoms with Crippen LogP contribution in [-0.2, 0) is 13.1 Å². The second-order valence-corrected chi connectivity index (χ2v) is 5.76. The van der Waals surface area contributed by atoms with Crippen LogP contribution in [0.1, 0.15) is 46.4 Å². The van der Waals surface area contributed by atoms with Gasteiger partial charge in [-0.05, 0) is 38.8 Å². The average molecular weight is 259 g/mol. The zero-order valence-electron chi connectivity index (χ0n) is 12.5. The van der Waals surface area contributed by atoms with Crippen molar-refractivity contribution in [3.63, 3.8) is 0 Å². The number of nitrogens with one attached hydrogen (secondary N) is 1. The van der Waals surface area contributed by atoms with E-state index in [-0.39, 0.29) is 5.54 Å². The van der Waals surface area contributed by atoms with Gasteiger partial charge in [0, 0.05) is 12.1 Å². The highest BCUT2D eigenvalue weighted by Crippen LogP contribution is 2.17. The van der Waals surface area contributed by atoms with Gasteiger partial charge in [0.2, 0.25) is 0 Å². The van der Waals surface area contributed by atoms with Gasteiger partial charge in [-0.1, -0.05) is 26.0 Å². The Hall–Kier alpha value is -1.35. The first-order valence-electron chi connectivity index (χ1n) is 7.26. The minimum atomic E-state index is 0.162. The van der Waals surface area contributed by atoms with Gasteiger partial charge in [-0.25, -0.2) is 4.98 Å². The summed E-state index contributed by atoms with van der Waals surface area (Å²) in [7, 11) is 0. The monoisotopic (exact) mass is 259 g/mol. The van der Waals surface area contributed by atoms with E-state index in [0.717, 1.165) is 37.3 Å². The zero-order chi connectivity index (χ0) is 13.9. The Morgan fingerprint density at radius 3 is 2.63 bits per heavy atom. The molecule has 1 aromatic heterocycles. The third-order valence-electron chi connectivity index (χ3n) is 3.79. The number of hydrogen-bond acceptors (Lipinski definition) is 2. The number of benzene rings is 1. The number of imidazole rings is 1. The molecule has 2 rings (SSSR count). The normalized spacial score (nSPS) is 12.2. The van der Waals surface area contributed by atoms with Crippen LogP contribution in [0.5, 0.6) is 0 Å². The summed E-state index contributed by atoms with van der Waals surface area (Å²) in [4.78, 5) is 4.77. The van der Waals surface area contributed by atoms with Gasteiger partial charge in [-0.2, -0.15) is 0 Å². The van der Waals surface area contributed by atoms with Crippen molar-refractivity contribution in [1.29, 1.82) is 0 Å². The maximum Gasteiger partial charge on any atom is 0.123 e. The Balaban J connectivity index is 2.28. The summed E-state index contributed by atoms with van der Waals surface area (Å²) in [5.41, 5.74) is 2.51. The van der Waals surface area contributed by atoms with Gasteiger partial charge < -0.3 is 9.88 Å². The summed E-state index contributed by atoms with van der Waals surface area (Å²) < 4.78 is 2.34. The molecule has 0 bridgehead atoms. The fourth-order valence-electron chi connectivity index (χ4n) is 2.18. The summed E-state index contributed by atoms with van der Waals surface area (Å²) in [6.07, 6.45) is 2.24. The molecule has 0 spiro atoms. The van der Waals surface area contributed by atoms with Crippen molar-refractivity contribution < 1.29 is 0 Å². The molecule has 0 radical (unpaired) electrons. The molecule has 3 heteroatoms. The number of hydrogen-bond donors (Lipinski definition) is 1. The lowest BCUT2D eigenvalue weighted by Gasteiger charge is -2.24. The molecule has 1 aromatic carbocycles. The Morgan fingerprint density at radius 1 is 1.21 bits per heavy atom. The summed E-state index contributed by atoms with van der Waals surface area (Å²) in [6.45, 7) is 10.8. The highest BCUT2D eigenvalue weighted by atomic mass is 15.1. The molecule has 19 heavy (non-hydrogen) atoms.